The molecule has 2 amide bonds. The molecule has 0 aliphatic carbocycles. The standard InChI is InChI=1S/C15H22N2O3/c1-5-17(6-2)15(19)16-12-8-9-14(20-7-3)13(10-12)11(4)18/h8-10H,5-7H2,1-4H3,(H,16,19). The average molecular weight is 278 g/mol. The molecule has 0 spiro atoms. The van der Waals surface area contributed by atoms with Crippen LogP contribution in [0.25, 0.3) is 0 Å². The Balaban J connectivity index is 2.95. The Morgan fingerprint density at radius 2 is 1.85 bits per heavy atom. The number of hydrogen-bond acceptors (Lipinski definition) is 3. The summed E-state index contributed by atoms with van der Waals surface area (Å²) in [5.41, 5.74) is 1.07. The van der Waals surface area contributed by atoms with Crippen molar-refractivity contribution in [2.75, 3.05) is 25.0 Å². The van der Waals surface area contributed by atoms with Crippen molar-refractivity contribution in [2.24, 2.45) is 0 Å². The van der Waals surface area contributed by atoms with Gasteiger partial charge in [-0.1, -0.05) is 0 Å². The fraction of sp³-hybridized carbons (Fsp3) is 0.467. The lowest BCUT2D eigenvalue weighted by Crippen LogP contribution is -2.34. The predicted molar refractivity (Wildman–Crippen MR) is 79.6 cm³/mol. The van der Waals surface area contributed by atoms with E-state index in [-0.39, 0.29) is 11.8 Å². The molecule has 0 aromatic heterocycles. The van der Waals surface area contributed by atoms with E-state index in [4.69, 9.17) is 4.74 Å². The highest BCUT2D eigenvalue weighted by Gasteiger charge is 2.13. The van der Waals surface area contributed by atoms with Crippen LogP contribution >= 0.6 is 0 Å². The normalized spacial score (nSPS) is 10.0. The summed E-state index contributed by atoms with van der Waals surface area (Å²) in [6.45, 7) is 8.95. The number of carbonyl (C=O) groups excluding carboxylic acids is 2. The van der Waals surface area contributed by atoms with Crippen molar-refractivity contribution in [3.63, 3.8) is 0 Å². The molecule has 1 aromatic rings. The van der Waals surface area contributed by atoms with Crippen LogP contribution in [0.15, 0.2) is 18.2 Å². The van der Waals surface area contributed by atoms with Gasteiger partial charge >= 0.3 is 6.03 Å². The monoisotopic (exact) mass is 278 g/mol. The highest BCUT2D eigenvalue weighted by Crippen LogP contribution is 2.23. The van der Waals surface area contributed by atoms with Gasteiger partial charge in [0, 0.05) is 18.8 Å². The number of urea groups is 1. The molecule has 0 saturated heterocycles. The van der Waals surface area contributed by atoms with Crippen LogP contribution in [0.2, 0.25) is 0 Å². The van der Waals surface area contributed by atoms with Crippen LogP contribution in [-0.4, -0.2) is 36.4 Å². The van der Waals surface area contributed by atoms with Crippen LogP contribution < -0.4 is 10.1 Å². The van der Waals surface area contributed by atoms with Crippen molar-refractivity contribution in [2.45, 2.75) is 27.7 Å². The Morgan fingerprint density at radius 3 is 2.35 bits per heavy atom. The van der Waals surface area contributed by atoms with Gasteiger partial charge in [0.15, 0.2) is 5.78 Å². The molecule has 0 aliphatic heterocycles. The largest absolute Gasteiger partial charge is 0.493 e. The van der Waals surface area contributed by atoms with Gasteiger partial charge < -0.3 is 15.0 Å². The minimum Gasteiger partial charge on any atom is -0.493 e. The first kappa shape index (κ1) is 16.0. The number of Topliss-reactive ketones (excluding diaryl/α,β-unsaturated/α-hetero) is 1. The number of hydrogen-bond donors (Lipinski definition) is 1. The number of ether oxygens (including phenoxy) is 1. The van der Waals surface area contributed by atoms with E-state index >= 15 is 0 Å². The molecule has 0 heterocycles. The molecule has 0 aliphatic rings. The van der Waals surface area contributed by atoms with E-state index in [1.54, 1.807) is 23.1 Å². The fourth-order valence-electron chi connectivity index (χ4n) is 1.88. The minimum atomic E-state index is -0.173. The second kappa shape index (κ2) is 7.53. The number of rotatable bonds is 6. The Labute approximate surface area is 119 Å². The Kier molecular flexibility index (Phi) is 6.03. The van der Waals surface area contributed by atoms with E-state index in [0.717, 1.165) is 0 Å². The van der Waals surface area contributed by atoms with Crippen molar-refractivity contribution in [1.82, 2.24) is 4.90 Å². The topological polar surface area (TPSA) is 58.6 Å². The van der Waals surface area contributed by atoms with Crippen LogP contribution in [0.3, 0.4) is 0 Å². The Hall–Kier alpha value is -2.04. The van der Waals surface area contributed by atoms with Crippen LogP contribution in [0.1, 0.15) is 38.1 Å². The molecule has 0 fully saturated rings. The van der Waals surface area contributed by atoms with E-state index < -0.39 is 0 Å². The molecular formula is C15H22N2O3. The van der Waals surface area contributed by atoms with Crippen molar-refractivity contribution in [3.8, 4) is 5.75 Å². The zero-order valence-electron chi connectivity index (χ0n) is 12.5. The van der Waals surface area contributed by atoms with Gasteiger partial charge in [-0.3, -0.25) is 4.79 Å². The third kappa shape index (κ3) is 3.98. The van der Waals surface area contributed by atoms with E-state index in [9.17, 15) is 9.59 Å². The van der Waals surface area contributed by atoms with Gasteiger partial charge in [0.2, 0.25) is 0 Å². The van der Waals surface area contributed by atoms with E-state index in [1.807, 2.05) is 20.8 Å². The molecule has 1 aromatic carbocycles. The maximum absolute atomic E-state index is 12.0. The second-order valence-corrected chi connectivity index (χ2v) is 4.30. The minimum absolute atomic E-state index is 0.0904. The van der Waals surface area contributed by atoms with Crippen molar-refractivity contribution >= 4 is 17.5 Å². The molecule has 0 atom stereocenters. The zero-order chi connectivity index (χ0) is 15.1. The van der Waals surface area contributed by atoms with Crippen LogP contribution in [0.5, 0.6) is 5.75 Å². The summed E-state index contributed by atoms with van der Waals surface area (Å²) in [5, 5.41) is 2.79. The van der Waals surface area contributed by atoms with Gasteiger partial charge in [-0.05, 0) is 45.9 Å². The number of nitrogens with zero attached hydrogens (tertiary/aromatic N) is 1. The van der Waals surface area contributed by atoms with Crippen LogP contribution in [0, 0.1) is 0 Å². The third-order valence-electron chi connectivity index (χ3n) is 2.96. The molecule has 5 heteroatoms. The van der Waals surface area contributed by atoms with E-state index in [1.165, 1.54) is 6.92 Å². The first-order valence-corrected chi connectivity index (χ1v) is 6.87. The Morgan fingerprint density at radius 1 is 1.20 bits per heavy atom. The number of anilines is 1. The molecule has 0 bridgehead atoms. The van der Waals surface area contributed by atoms with Crippen molar-refractivity contribution in [3.05, 3.63) is 23.8 Å². The summed E-state index contributed by atoms with van der Waals surface area (Å²) in [6, 6.07) is 4.92. The maximum atomic E-state index is 12.0. The molecule has 110 valence electrons. The highest BCUT2D eigenvalue weighted by atomic mass is 16.5. The molecule has 0 unspecified atom stereocenters. The van der Waals surface area contributed by atoms with Gasteiger partial charge in [0.05, 0.1) is 12.2 Å². The molecule has 20 heavy (non-hydrogen) atoms. The Bertz CT molecular complexity index is 482. The van der Waals surface area contributed by atoms with Crippen molar-refractivity contribution in [1.29, 1.82) is 0 Å². The number of carbonyl (C=O) groups is 2. The lowest BCUT2D eigenvalue weighted by Gasteiger charge is -2.19. The van der Waals surface area contributed by atoms with Crippen LogP contribution in [-0.2, 0) is 0 Å². The van der Waals surface area contributed by atoms with E-state index in [0.29, 0.717) is 36.7 Å². The number of ketones is 1. The SMILES string of the molecule is CCOc1ccc(NC(=O)N(CC)CC)cc1C(C)=O. The maximum Gasteiger partial charge on any atom is 0.321 e. The van der Waals surface area contributed by atoms with Crippen LogP contribution in [0.4, 0.5) is 10.5 Å². The zero-order valence-corrected chi connectivity index (χ0v) is 12.5. The molecule has 1 N–H and O–H groups in total. The molecule has 1 rings (SSSR count). The number of nitrogens with one attached hydrogen (secondary N) is 1. The molecular weight excluding hydrogens is 256 g/mol. The summed E-state index contributed by atoms with van der Waals surface area (Å²) in [5.74, 6) is 0.452. The van der Waals surface area contributed by atoms with Gasteiger partial charge in [-0.2, -0.15) is 0 Å². The summed E-state index contributed by atoms with van der Waals surface area (Å²) in [7, 11) is 0. The lowest BCUT2D eigenvalue weighted by atomic mass is 10.1. The van der Waals surface area contributed by atoms with Gasteiger partial charge in [-0.25, -0.2) is 4.79 Å². The summed E-state index contributed by atoms with van der Waals surface area (Å²) < 4.78 is 5.40. The molecule has 0 saturated carbocycles. The van der Waals surface area contributed by atoms with Gasteiger partial charge in [0.25, 0.3) is 0 Å². The van der Waals surface area contributed by atoms with Gasteiger partial charge in [0.1, 0.15) is 5.75 Å². The summed E-state index contributed by atoms with van der Waals surface area (Å²) in [4.78, 5) is 25.3. The quantitative estimate of drug-likeness (QED) is 0.813. The van der Waals surface area contributed by atoms with Gasteiger partial charge in [-0.15, -0.1) is 0 Å². The molecule has 0 radical (unpaired) electrons. The average Bonchev–Trinajstić information content (AvgIpc) is 2.42. The lowest BCUT2D eigenvalue weighted by molar-refractivity contribution is 0.101. The van der Waals surface area contributed by atoms with Crippen molar-refractivity contribution < 1.29 is 14.3 Å². The summed E-state index contributed by atoms with van der Waals surface area (Å²) in [6.07, 6.45) is 0. The first-order valence-electron chi connectivity index (χ1n) is 6.87. The third-order valence-corrected chi connectivity index (χ3v) is 2.96. The fourth-order valence-corrected chi connectivity index (χ4v) is 1.88. The number of benzene rings is 1. The summed E-state index contributed by atoms with van der Waals surface area (Å²) >= 11 is 0. The predicted octanol–water partition coefficient (Wildman–Crippen LogP) is 3.16. The second-order valence-electron chi connectivity index (χ2n) is 4.30. The number of amides is 2. The highest BCUT2D eigenvalue weighted by molar-refractivity contribution is 5.99. The molecule has 5 nitrogen and oxygen atoms in total. The first-order chi connectivity index (χ1) is 9.53. The smallest absolute Gasteiger partial charge is 0.321 e. The van der Waals surface area contributed by atoms with E-state index in [2.05, 4.69) is 5.32 Å².